The number of hydrogen-bond donors (Lipinski definition) is 1. The monoisotopic (exact) mass is 301 g/mol. The Bertz CT molecular complexity index is 593. The maximum atomic E-state index is 11.4. The molecule has 22 heavy (non-hydrogen) atoms. The van der Waals surface area contributed by atoms with Crippen molar-refractivity contribution in [3.63, 3.8) is 0 Å². The Balaban J connectivity index is 1.92. The average Bonchev–Trinajstić information content (AvgIpc) is 3.18. The van der Waals surface area contributed by atoms with Crippen molar-refractivity contribution in [3.05, 3.63) is 27.6 Å². The molecule has 1 amide bonds. The van der Waals surface area contributed by atoms with Crippen molar-refractivity contribution in [2.24, 2.45) is 10.2 Å². The number of amides is 1. The molecule has 7 nitrogen and oxygen atoms in total. The molecule has 0 spiro atoms. The fourth-order valence-corrected chi connectivity index (χ4v) is 3.08. The Hall–Kier alpha value is -1.96. The van der Waals surface area contributed by atoms with Gasteiger partial charge in [0.1, 0.15) is 6.23 Å². The minimum Gasteiger partial charge on any atom is -0.370 e. The van der Waals surface area contributed by atoms with Crippen LogP contribution in [0.15, 0.2) is 32.9 Å². The molecule has 0 aromatic rings. The van der Waals surface area contributed by atoms with Gasteiger partial charge in [-0.05, 0) is 36.3 Å². The van der Waals surface area contributed by atoms with Gasteiger partial charge in [-0.15, -0.1) is 4.91 Å². The molecule has 0 bridgehead atoms. The van der Waals surface area contributed by atoms with E-state index in [1.807, 2.05) is 11.8 Å². The van der Waals surface area contributed by atoms with Gasteiger partial charge in [-0.3, -0.25) is 4.79 Å². The Morgan fingerprint density at radius 2 is 2.23 bits per heavy atom. The summed E-state index contributed by atoms with van der Waals surface area (Å²) in [7, 11) is 1.51. The molecule has 0 aliphatic carbocycles. The number of nitrogens with zero attached hydrogens (tertiary/aromatic N) is 4. The Morgan fingerprint density at radius 1 is 1.50 bits per heavy atom. The van der Waals surface area contributed by atoms with E-state index in [1.54, 1.807) is 0 Å². The smallest absolute Gasteiger partial charge is 0.303 e. The zero-order valence-corrected chi connectivity index (χ0v) is 12.5. The van der Waals surface area contributed by atoms with Crippen LogP contribution >= 0.6 is 0 Å². The van der Waals surface area contributed by atoms with Crippen LogP contribution in [0, 0.1) is 4.91 Å². The largest absolute Gasteiger partial charge is 0.370 e. The molecule has 0 aromatic heterocycles. The lowest BCUT2D eigenvalue weighted by atomic mass is 9.64. The van der Waals surface area contributed by atoms with Crippen LogP contribution in [0.4, 0.5) is 0 Å². The van der Waals surface area contributed by atoms with Crippen LogP contribution in [0.3, 0.4) is 0 Å². The number of aliphatic hydroxyl groups is 1. The van der Waals surface area contributed by atoms with Crippen LogP contribution in [0.25, 0.3) is 0 Å². The van der Waals surface area contributed by atoms with Gasteiger partial charge in [0, 0.05) is 24.8 Å². The highest BCUT2D eigenvalue weighted by atomic mass is 16.3. The number of carbonyl (C=O) groups is 1. The molecule has 1 radical (unpaired) electrons. The number of allylic oxidation sites excluding steroid dienone is 1. The molecule has 3 rings (SSSR count). The molecule has 115 valence electrons. The van der Waals surface area contributed by atoms with Gasteiger partial charge >= 0.3 is 5.91 Å². The van der Waals surface area contributed by atoms with Crippen LogP contribution in [0.5, 0.6) is 0 Å². The molecular weight excluding hydrogens is 283 g/mol. The summed E-state index contributed by atoms with van der Waals surface area (Å²) in [5.41, 5.74) is 1.29. The molecule has 1 fully saturated rings. The highest BCUT2D eigenvalue weighted by Crippen LogP contribution is 2.30. The molecule has 1 N–H and O–H groups in total. The van der Waals surface area contributed by atoms with E-state index < -0.39 is 12.1 Å². The van der Waals surface area contributed by atoms with E-state index in [-0.39, 0.29) is 5.47 Å². The fourth-order valence-electron chi connectivity index (χ4n) is 3.08. The van der Waals surface area contributed by atoms with E-state index in [9.17, 15) is 14.8 Å². The zero-order valence-electron chi connectivity index (χ0n) is 12.5. The fraction of sp³-hybridized carbons (Fsp3) is 0.571. The van der Waals surface area contributed by atoms with E-state index in [0.29, 0.717) is 17.7 Å². The Morgan fingerprint density at radius 3 is 2.86 bits per heavy atom. The maximum Gasteiger partial charge on any atom is 0.303 e. The summed E-state index contributed by atoms with van der Waals surface area (Å²) in [4.78, 5) is 30.5. The van der Waals surface area contributed by atoms with Gasteiger partial charge in [0.2, 0.25) is 13.2 Å². The SMILES string of the molecule is CCCN1C(N2CCCC2)=NC2=C([B]C(C(=O)N=O)=C2)C1O. The third kappa shape index (κ3) is 2.47. The highest BCUT2D eigenvalue weighted by Gasteiger charge is 2.37. The van der Waals surface area contributed by atoms with Crippen LogP contribution in [-0.4, -0.2) is 59.9 Å². The standard InChI is InChI=1S/C14H18BN4O3/c1-2-5-19-13(21)11-10(8-9(15-11)12(20)17-22)16-14(19)18-6-3-4-7-18/h8,13,21H,2-7H2,1H3. The number of rotatable bonds is 3. The number of likely N-dealkylation sites (tertiary alicyclic amines) is 1. The lowest BCUT2D eigenvalue weighted by Crippen LogP contribution is -2.51. The molecule has 0 saturated carbocycles. The molecule has 1 unspecified atom stereocenters. The van der Waals surface area contributed by atoms with E-state index in [1.165, 1.54) is 13.4 Å². The van der Waals surface area contributed by atoms with Crippen molar-refractivity contribution in [2.75, 3.05) is 19.6 Å². The summed E-state index contributed by atoms with van der Waals surface area (Å²) in [6.07, 6.45) is 3.78. The normalized spacial score (nSPS) is 24.0. The predicted molar refractivity (Wildman–Crippen MR) is 82.9 cm³/mol. The van der Waals surface area contributed by atoms with Gasteiger partial charge in [-0.25, -0.2) is 4.99 Å². The summed E-state index contributed by atoms with van der Waals surface area (Å²) in [5.74, 6) is -0.0791. The second-order valence-corrected chi connectivity index (χ2v) is 5.65. The number of aliphatic hydroxyl groups excluding tert-OH is 1. The van der Waals surface area contributed by atoms with Gasteiger partial charge in [0.25, 0.3) is 0 Å². The molecule has 0 aromatic carbocycles. The Labute approximate surface area is 129 Å². The third-order valence-electron chi connectivity index (χ3n) is 4.13. The molecule has 3 aliphatic rings. The topological polar surface area (TPSA) is 85.6 Å². The van der Waals surface area contributed by atoms with Gasteiger partial charge in [-0.2, -0.15) is 0 Å². The summed E-state index contributed by atoms with van der Waals surface area (Å²) in [6, 6.07) is 0. The lowest BCUT2D eigenvalue weighted by Gasteiger charge is -2.38. The Kier molecular flexibility index (Phi) is 4.11. The minimum atomic E-state index is -0.851. The molecule has 8 heteroatoms. The number of nitroso groups, excluding NO2 is 1. The average molecular weight is 301 g/mol. The molecule has 1 saturated heterocycles. The van der Waals surface area contributed by atoms with E-state index in [2.05, 4.69) is 15.1 Å². The first-order valence-corrected chi connectivity index (χ1v) is 7.62. The summed E-state index contributed by atoms with van der Waals surface area (Å²) in [5, 5.41) is 13.1. The first-order valence-electron chi connectivity index (χ1n) is 7.62. The van der Waals surface area contributed by atoms with E-state index >= 15 is 0 Å². The number of hydrogen-bond acceptors (Lipinski definition) is 6. The van der Waals surface area contributed by atoms with E-state index in [4.69, 9.17) is 0 Å². The second-order valence-electron chi connectivity index (χ2n) is 5.65. The van der Waals surface area contributed by atoms with Gasteiger partial charge in [0.15, 0.2) is 0 Å². The van der Waals surface area contributed by atoms with Crippen molar-refractivity contribution in [3.8, 4) is 0 Å². The van der Waals surface area contributed by atoms with Crippen molar-refractivity contribution in [1.29, 1.82) is 0 Å². The second kappa shape index (κ2) is 6.04. The molecule has 3 aliphatic heterocycles. The minimum absolute atomic E-state index is 0.182. The first-order chi connectivity index (χ1) is 10.7. The van der Waals surface area contributed by atoms with Crippen LogP contribution in [0.2, 0.25) is 0 Å². The summed E-state index contributed by atoms with van der Waals surface area (Å²) >= 11 is 0. The first kappa shape index (κ1) is 15.0. The number of carbonyl (C=O) groups excluding carboxylic acids is 1. The van der Waals surface area contributed by atoms with Gasteiger partial charge in [0.05, 0.1) is 5.70 Å². The maximum absolute atomic E-state index is 11.4. The van der Waals surface area contributed by atoms with E-state index in [0.717, 1.165) is 38.3 Å². The molecule has 3 heterocycles. The van der Waals surface area contributed by atoms with Gasteiger partial charge in [-0.1, -0.05) is 6.92 Å². The third-order valence-corrected chi connectivity index (χ3v) is 4.13. The van der Waals surface area contributed by atoms with Crippen LogP contribution < -0.4 is 0 Å². The zero-order chi connectivity index (χ0) is 15.7. The number of aliphatic imine (C=N–C) groups is 1. The molecular formula is C14H18BN4O3. The number of guanidine groups is 1. The summed E-state index contributed by atoms with van der Waals surface area (Å²) in [6.45, 7) is 4.56. The lowest BCUT2D eigenvalue weighted by molar-refractivity contribution is -0.113. The van der Waals surface area contributed by atoms with Crippen molar-refractivity contribution in [2.45, 2.75) is 32.4 Å². The summed E-state index contributed by atoms with van der Waals surface area (Å²) < 4.78 is 0. The van der Waals surface area contributed by atoms with Crippen molar-refractivity contribution < 1.29 is 9.90 Å². The van der Waals surface area contributed by atoms with Crippen molar-refractivity contribution in [1.82, 2.24) is 9.80 Å². The predicted octanol–water partition coefficient (Wildman–Crippen LogP) is 0.589. The molecule has 1 atom stereocenters. The van der Waals surface area contributed by atoms with Crippen LogP contribution in [-0.2, 0) is 4.79 Å². The highest BCUT2D eigenvalue weighted by molar-refractivity contribution is 6.63. The quantitative estimate of drug-likeness (QED) is 0.609. The van der Waals surface area contributed by atoms with Crippen LogP contribution in [0.1, 0.15) is 26.2 Å². The van der Waals surface area contributed by atoms with Gasteiger partial charge < -0.3 is 14.9 Å². The van der Waals surface area contributed by atoms with Crippen molar-refractivity contribution >= 4 is 19.1 Å².